The van der Waals surface area contributed by atoms with Crippen LogP contribution in [-0.4, -0.2) is 0 Å². The van der Waals surface area contributed by atoms with Gasteiger partial charge in [-0.2, -0.15) is 0 Å². The molecule has 0 aliphatic rings. The van der Waals surface area contributed by atoms with Gasteiger partial charge in [0.15, 0.2) is 11.6 Å². The Morgan fingerprint density at radius 3 is 1.97 bits per heavy atom. The van der Waals surface area contributed by atoms with Gasteiger partial charge in [0.1, 0.15) is 17.5 Å². The largest absolute Gasteiger partial charge is 0.207 e. The van der Waals surface area contributed by atoms with Gasteiger partial charge < -0.3 is 0 Å². The van der Waals surface area contributed by atoms with Crippen LogP contribution in [0.3, 0.4) is 0 Å². The maximum absolute atomic E-state index is 14.5. The quantitative estimate of drug-likeness (QED) is 0.239. The monoisotopic (exact) mass is 436 g/mol. The fourth-order valence-corrected chi connectivity index (χ4v) is 3.51. The Kier molecular flexibility index (Phi) is 5.96. The van der Waals surface area contributed by atoms with Crippen molar-refractivity contribution in [3.63, 3.8) is 0 Å². The fraction of sp³-hybridized carbons (Fsp3) is 0.111. The minimum Gasteiger partial charge on any atom is -0.207 e. The molecule has 0 nitrogen and oxygen atoms in total. The first kappa shape index (κ1) is 21.6. The average Bonchev–Trinajstić information content (AvgIpc) is 2.73. The molecule has 0 saturated carbocycles. The van der Waals surface area contributed by atoms with Crippen molar-refractivity contribution in [2.75, 3.05) is 0 Å². The smallest absolute Gasteiger partial charge is 0.159 e. The van der Waals surface area contributed by atoms with Crippen molar-refractivity contribution in [1.82, 2.24) is 0 Å². The Bertz CT molecular complexity index is 1370. The molecule has 32 heavy (non-hydrogen) atoms. The van der Waals surface area contributed by atoms with Gasteiger partial charge in [0.25, 0.3) is 0 Å². The third-order valence-corrected chi connectivity index (χ3v) is 5.20. The van der Waals surface area contributed by atoms with Crippen LogP contribution in [0.25, 0.3) is 10.8 Å². The molecule has 0 spiro atoms. The van der Waals surface area contributed by atoms with E-state index in [1.54, 1.807) is 31.2 Å². The van der Waals surface area contributed by atoms with E-state index in [0.29, 0.717) is 27.5 Å². The topological polar surface area (TPSA) is 0 Å². The van der Waals surface area contributed by atoms with E-state index in [1.165, 1.54) is 24.3 Å². The SMILES string of the molecule is Cc1cc(F)c(CCc2ccc(C#Cc3ccc4cc(F)c(F)cc4c3)c(F)c2)c(F)c1. The molecule has 0 fully saturated rings. The number of rotatable bonds is 3. The van der Waals surface area contributed by atoms with Crippen molar-refractivity contribution in [1.29, 1.82) is 0 Å². The van der Waals surface area contributed by atoms with Crippen LogP contribution >= 0.6 is 0 Å². The minimum absolute atomic E-state index is 0.0208. The molecule has 4 aromatic carbocycles. The van der Waals surface area contributed by atoms with E-state index >= 15 is 0 Å². The zero-order valence-corrected chi connectivity index (χ0v) is 17.1. The third kappa shape index (κ3) is 4.65. The summed E-state index contributed by atoms with van der Waals surface area (Å²) in [6.45, 7) is 1.61. The molecule has 4 aromatic rings. The predicted molar refractivity (Wildman–Crippen MR) is 115 cm³/mol. The number of aryl methyl sites for hydroxylation is 2. The molecule has 4 rings (SSSR count). The number of halogens is 5. The molecule has 0 aromatic heterocycles. The van der Waals surface area contributed by atoms with Crippen LogP contribution in [0, 0.1) is 47.9 Å². The lowest BCUT2D eigenvalue weighted by Crippen LogP contribution is -2.00. The lowest BCUT2D eigenvalue weighted by Gasteiger charge is -2.07. The number of fused-ring (bicyclic) bond motifs is 1. The number of hydrogen-bond donors (Lipinski definition) is 0. The Hall–Kier alpha value is -3.65. The zero-order chi connectivity index (χ0) is 22.8. The predicted octanol–water partition coefficient (Wildman–Crippen LogP) is 7.03. The molecule has 0 heterocycles. The summed E-state index contributed by atoms with van der Waals surface area (Å²) in [7, 11) is 0. The van der Waals surface area contributed by atoms with Gasteiger partial charge in [0, 0.05) is 11.1 Å². The highest BCUT2D eigenvalue weighted by molar-refractivity contribution is 5.84. The molecule has 0 saturated heterocycles. The van der Waals surface area contributed by atoms with Crippen LogP contribution in [0.4, 0.5) is 22.0 Å². The molecule has 160 valence electrons. The van der Waals surface area contributed by atoms with E-state index in [0.717, 1.165) is 12.1 Å². The van der Waals surface area contributed by atoms with Gasteiger partial charge in [0.2, 0.25) is 0 Å². The van der Waals surface area contributed by atoms with Crippen LogP contribution in [0.5, 0.6) is 0 Å². The lowest BCUT2D eigenvalue weighted by molar-refractivity contribution is 0.511. The van der Waals surface area contributed by atoms with E-state index < -0.39 is 29.1 Å². The van der Waals surface area contributed by atoms with Crippen molar-refractivity contribution in [2.45, 2.75) is 19.8 Å². The van der Waals surface area contributed by atoms with E-state index in [9.17, 15) is 22.0 Å². The fourth-order valence-electron chi connectivity index (χ4n) is 3.51. The zero-order valence-electron chi connectivity index (χ0n) is 17.1. The summed E-state index contributed by atoms with van der Waals surface area (Å²) in [6, 6.07) is 14.1. The number of hydrogen-bond acceptors (Lipinski definition) is 0. The first-order valence-corrected chi connectivity index (χ1v) is 9.94. The highest BCUT2D eigenvalue weighted by Gasteiger charge is 2.11. The van der Waals surface area contributed by atoms with Crippen molar-refractivity contribution in [2.24, 2.45) is 0 Å². The highest BCUT2D eigenvalue weighted by atomic mass is 19.2. The summed E-state index contributed by atoms with van der Waals surface area (Å²) in [4.78, 5) is 0. The molecule has 0 bridgehead atoms. The maximum Gasteiger partial charge on any atom is 0.159 e. The molecule has 0 N–H and O–H groups in total. The minimum atomic E-state index is -0.949. The van der Waals surface area contributed by atoms with Crippen LogP contribution in [-0.2, 0) is 12.8 Å². The summed E-state index contributed by atoms with van der Waals surface area (Å²) < 4.78 is 69.2. The Labute approximate surface area is 182 Å². The standard InChI is InChI=1S/C27H17F5/c1-16-10-24(29)22(25(30)11-16)9-5-18-3-7-19(23(28)13-18)6-2-17-4-8-20-14-26(31)27(32)15-21(20)12-17/h3-4,7-8,10-15H,5,9H2,1H3. The molecule has 0 amide bonds. The van der Waals surface area contributed by atoms with E-state index in [4.69, 9.17) is 0 Å². The Morgan fingerprint density at radius 1 is 0.594 bits per heavy atom. The second-order valence-electron chi connectivity index (χ2n) is 7.60. The van der Waals surface area contributed by atoms with Gasteiger partial charge in [-0.25, -0.2) is 22.0 Å². The summed E-state index contributed by atoms with van der Waals surface area (Å²) in [5.74, 6) is 1.92. The lowest BCUT2D eigenvalue weighted by atomic mass is 10.0. The average molecular weight is 436 g/mol. The molecular weight excluding hydrogens is 419 g/mol. The summed E-state index contributed by atoms with van der Waals surface area (Å²) >= 11 is 0. The summed E-state index contributed by atoms with van der Waals surface area (Å²) in [6.07, 6.45) is 0.380. The van der Waals surface area contributed by atoms with E-state index in [2.05, 4.69) is 11.8 Å². The first-order chi connectivity index (χ1) is 15.3. The summed E-state index contributed by atoms with van der Waals surface area (Å²) in [5, 5.41) is 1.02. The van der Waals surface area contributed by atoms with Crippen molar-refractivity contribution in [3.8, 4) is 11.8 Å². The van der Waals surface area contributed by atoms with E-state index in [-0.39, 0.29) is 24.0 Å². The third-order valence-electron chi connectivity index (χ3n) is 5.20. The summed E-state index contributed by atoms with van der Waals surface area (Å²) in [5.41, 5.74) is 1.76. The molecule has 0 radical (unpaired) electrons. The maximum atomic E-state index is 14.5. The second-order valence-corrected chi connectivity index (χ2v) is 7.60. The van der Waals surface area contributed by atoms with Crippen molar-refractivity contribution in [3.05, 3.63) is 118 Å². The van der Waals surface area contributed by atoms with Crippen molar-refractivity contribution >= 4 is 10.8 Å². The van der Waals surface area contributed by atoms with Gasteiger partial charge >= 0.3 is 0 Å². The molecule has 0 aliphatic heterocycles. The molecule has 0 atom stereocenters. The molecule has 0 unspecified atom stereocenters. The van der Waals surface area contributed by atoms with Crippen molar-refractivity contribution < 1.29 is 22.0 Å². The van der Waals surface area contributed by atoms with Gasteiger partial charge in [0.05, 0.1) is 5.56 Å². The van der Waals surface area contributed by atoms with Crippen LogP contribution < -0.4 is 0 Å². The Morgan fingerprint density at radius 2 is 1.28 bits per heavy atom. The van der Waals surface area contributed by atoms with Gasteiger partial charge in [-0.05, 0) is 90.2 Å². The number of benzene rings is 4. The van der Waals surface area contributed by atoms with Gasteiger partial charge in [-0.3, -0.25) is 0 Å². The normalized spacial score (nSPS) is 10.8. The highest BCUT2D eigenvalue weighted by Crippen LogP contribution is 2.21. The molecule has 5 heteroatoms. The van der Waals surface area contributed by atoms with Gasteiger partial charge in [-0.15, -0.1) is 0 Å². The van der Waals surface area contributed by atoms with E-state index in [1.807, 2.05) is 0 Å². The van der Waals surface area contributed by atoms with Gasteiger partial charge in [-0.1, -0.05) is 24.0 Å². The van der Waals surface area contributed by atoms with Crippen LogP contribution in [0.2, 0.25) is 0 Å². The van der Waals surface area contributed by atoms with Crippen LogP contribution in [0.15, 0.2) is 60.7 Å². The first-order valence-electron chi connectivity index (χ1n) is 9.94. The Balaban J connectivity index is 1.52. The molecular formula is C27H17F5. The molecule has 0 aliphatic carbocycles. The van der Waals surface area contributed by atoms with Crippen LogP contribution in [0.1, 0.15) is 27.8 Å². The second kappa shape index (κ2) is 8.84.